The quantitative estimate of drug-likeness (QED) is 0.403. The molecule has 0 rings (SSSR count). The van der Waals surface area contributed by atoms with Crippen molar-refractivity contribution in [2.45, 2.75) is 6.92 Å². The Labute approximate surface area is 55.3 Å². The van der Waals surface area contributed by atoms with Crippen LogP contribution in [0.4, 0.5) is 0 Å². The first-order valence-corrected chi connectivity index (χ1v) is 2.60. The van der Waals surface area contributed by atoms with Gasteiger partial charge in [0.25, 0.3) is 0 Å². The van der Waals surface area contributed by atoms with Crippen molar-refractivity contribution < 1.29 is 0 Å². The van der Waals surface area contributed by atoms with Gasteiger partial charge in [0.2, 0.25) is 0 Å². The summed E-state index contributed by atoms with van der Waals surface area (Å²) in [6.07, 6.45) is 5.22. The van der Waals surface area contributed by atoms with Crippen LogP contribution in [0.2, 0.25) is 0 Å². The predicted octanol–water partition coefficient (Wildman–Crippen LogP) is 1.81. The maximum atomic E-state index is 3.66. The second kappa shape index (κ2) is 4.97. The lowest BCUT2D eigenvalue weighted by Crippen LogP contribution is -1.66. The maximum absolute atomic E-state index is 3.66. The molecule has 0 aromatic carbocycles. The first-order valence-electron chi connectivity index (χ1n) is 2.60. The average Bonchev–Trinajstić information content (AvgIpc) is 1.88. The van der Waals surface area contributed by atoms with Crippen molar-refractivity contribution in [3.05, 3.63) is 24.0 Å². The smallest absolute Gasteiger partial charge is 0.0801 e. The van der Waals surface area contributed by atoms with Crippen LogP contribution in [0.3, 0.4) is 0 Å². The number of hydrogen-bond donors (Lipinski definition) is 0. The van der Waals surface area contributed by atoms with Gasteiger partial charge in [0, 0.05) is 0 Å². The summed E-state index contributed by atoms with van der Waals surface area (Å²) >= 11 is 0. The molecule has 0 aliphatic heterocycles. The molecule has 0 saturated carbocycles. The first kappa shape index (κ1) is 7.82. The molecule has 0 aromatic rings. The van der Waals surface area contributed by atoms with Gasteiger partial charge in [0.15, 0.2) is 0 Å². The van der Waals surface area contributed by atoms with Crippen molar-refractivity contribution in [2.75, 3.05) is 0 Å². The van der Waals surface area contributed by atoms with Crippen molar-refractivity contribution in [1.82, 2.24) is 0 Å². The molecule has 0 atom stereocenters. The van der Waals surface area contributed by atoms with Gasteiger partial charge in [-0.3, -0.25) is 9.98 Å². The molecule has 0 radical (unpaired) electrons. The molecule has 0 amide bonds. The normalized spacial score (nSPS) is 11.9. The van der Waals surface area contributed by atoms with E-state index in [1.807, 2.05) is 19.1 Å². The number of allylic oxidation sites excluding steroid dienone is 2. The van der Waals surface area contributed by atoms with E-state index in [4.69, 9.17) is 0 Å². The molecule has 2 nitrogen and oxygen atoms in total. The molecular formula is C7H10N2. The Balaban J connectivity index is 4.13. The van der Waals surface area contributed by atoms with Gasteiger partial charge in [0.1, 0.15) is 0 Å². The fourth-order valence-electron chi connectivity index (χ4n) is 0.401. The summed E-state index contributed by atoms with van der Waals surface area (Å²) in [7, 11) is 0. The highest BCUT2D eigenvalue weighted by atomic mass is 14.7. The lowest BCUT2D eigenvalue weighted by molar-refractivity contribution is 1.37. The Morgan fingerprint density at radius 3 is 2.44 bits per heavy atom. The van der Waals surface area contributed by atoms with E-state index in [1.165, 1.54) is 0 Å². The van der Waals surface area contributed by atoms with Crippen LogP contribution in [-0.2, 0) is 0 Å². The van der Waals surface area contributed by atoms with Crippen LogP contribution in [0.5, 0.6) is 0 Å². The third-order valence-electron chi connectivity index (χ3n) is 0.744. The Morgan fingerprint density at radius 1 is 1.44 bits per heavy atom. The second-order valence-corrected chi connectivity index (χ2v) is 1.39. The van der Waals surface area contributed by atoms with Gasteiger partial charge in [-0.25, -0.2) is 0 Å². The fourth-order valence-corrected chi connectivity index (χ4v) is 0.401. The Bertz CT molecular complexity index is 154. The number of rotatable bonds is 3. The monoisotopic (exact) mass is 122 g/mol. The summed E-state index contributed by atoms with van der Waals surface area (Å²) in [6, 6.07) is 0. The molecule has 0 fully saturated rings. The van der Waals surface area contributed by atoms with E-state index in [1.54, 1.807) is 6.20 Å². The molecule has 0 aromatic heterocycles. The van der Waals surface area contributed by atoms with Gasteiger partial charge >= 0.3 is 0 Å². The molecule has 0 aliphatic carbocycles. The number of aliphatic imine (C=N–C) groups is 2. The van der Waals surface area contributed by atoms with Crippen LogP contribution in [0.15, 0.2) is 34.0 Å². The molecule has 48 valence electrons. The molecule has 0 heterocycles. The Hall–Kier alpha value is -1.18. The van der Waals surface area contributed by atoms with Crippen LogP contribution in [-0.4, -0.2) is 13.4 Å². The van der Waals surface area contributed by atoms with E-state index >= 15 is 0 Å². The molecule has 9 heavy (non-hydrogen) atoms. The highest BCUT2D eigenvalue weighted by molar-refractivity contribution is 5.34. The maximum Gasteiger partial charge on any atom is 0.0801 e. The van der Waals surface area contributed by atoms with E-state index in [0.29, 0.717) is 0 Å². The van der Waals surface area contributed by atoms with Crippen LogP contribution >= 0.6 is 0 Å². The molecule has 0 aliphatic rings. The van der Waals surface area contributed by atoms with Gasteiger partial charge in [-0.1, -0.05) is 6.08 Å². The minimum absolute atomic E-state index is 0.729. The number of hydrogen-bond acceptors (Lipinski definition) is 2. The zero-order valence-corrected chi connectivity index (χ0v) is 5.54. The summed E-state index contributed by atoms with van der Waals surface area (Å²) in [5, 5.41) is 0. The Morgan fingerprint density at radius 2 is 2.11 bits per heavy atom. The standard InChI is InChI=1S/C7H10N2/c1-4-5-7(9-3)6-8-2/h4-6H,2-3H2,1H3/b5-4+,7-6-. The topological polar surface area (TPSA) is 24.7 Å². The molecule has 0 unspecified atom stereocenters. The van der Waals surface area contributed by atoms with Crippen LogP contribution in [0.25, 0.3) is 0 Å². The van der Waals surface area contributed by atoms with Crippen molar-refractivity contribution in [3.63, 3.8) is 0 Å². The minimum atomic E-state index is 0.729. The summed E-state index contributed by atoms with van der Waals surface area (Å²) in [5.74, 6) is 0. The molecule has 0 spiro atoms. The first-order chi connectivity index (χ1) is 4.35. The zero-order valence-electron chi connectivity index (χ0n) is 5.54. The van der Waals surface area contributed by atoms with Crippen molar-refractivity contribution in [2.24, 2.45) is 9.98 Å². The van der Waals surface area contributed by atoms with Crippen molar-refractivity contribution in [3.8, 4) is 0 Å². The third kappa shape index (κ3) is 3.41. The van der Waals surface area contributed by atoms with E-state index in [2.05, 4.69) is 23.4 Å². The molecule has 0 N–H and O–H groups in total. The van der Waals surface area contributed by atoms with Gasteiger partial charge in [-0.05, 0) is 26.4 Å². The minimum Gasteiger partial charge on any atom is -0.270 e. The van der Waals surface area contributed by atoms with Crippen molar-refractivity contribution >= 4 is 13.4 Å². The highest BCUT2D eigenvalue weighted by Gasteiger charge is 1.78. The van der Waals surface area contributed by atoms with Crippen LogP contribution in [0, 0.1) is 0 Å². The van der Waals surface area contributed by atoms with Gasteiger partial charge < -0.3 is 0 Å². The third-order valence-corrected chi connectivity index (χ3v) is 0.744. The average molecular weight is 122 g/mol. The number of nitrogens with zero attached hydrogens (tertiary/aromatic N) is 2. The SMILES string of the molecule is C=N/C=C(/C=C/C)N=C. The predicted molar refractivity (Wildman–Crippen MR) is 42.0 cm³/mol. The second-order valence-electron chi connectivity index (χ2n) is 1.39. The van der Waals surface area contributed by atoms with Crippen LogP contribution in [0.1, 0.15) is 6.92 Å². The lowest BCUT2D eigenvalue weighted by Gasteiger charge is -1.84. The summed E-state index contributed by atoms with van der Waals surface area (Å²) in [5.41, 5.74) is 0.729. The van der Waals surface area contributed by atoms with Crippen LogP contribution < -0.4 is 0 Å². The summed E-state index contributed by atoms with van der Waals surface area (Å²) in [4.78, 5) is 7.19. The van der Waals surface area contributed by atoms with E-state index in [9.17, 15) is 0 Å². The molecular weight excluding hydrogens is 112 g/mol. The zero-order chi connectivity index (χ0) is 7.11. The molecule has 2 heteroatoms. The van der Waals surface area contributed by atoms with E-state index in [0.717, 1.165) is 5.70 Å². The van der Waals surface area contributed by atoms with Gasteiger partial charge in [0.05, 0.1) is 11.9 Å². The van der Waals surface area contributed by atoms with Gasteiger partial charge in [-0.2, -0.15) is 0 Å². The molecule has 0 saturated heterocycles. The largest absolute Gasteiger partial charge is 0.270 e. The van der Waals surface area contributed by atoms with E-state index < -0.39 is 0 Å². The molecule has 0 bridgehead atoms. The summed E-state index contributed by atoms with van der Waals surface area (Å²) in [6.45, 7) is 8.53. The van der Waals surface area contributed by atoms with Gasteiger partial charge in [-0.15, -0.1) is 0 Å². The Kier molecular flexibility index (Phi) is 4.32. The lowest BCUT2D eigenvalue weighted by atomic mass is 10.4. The highest BCUT2D eigenvalue weighted by Crippen LogP contribution is 1.96. The fraction of sp³-hybridized carbons (Fsp3) is 0.143. The van der Waals surface area contributed by atoms with E-state index in [-0.39, 0.29) is 0 Å². The summed E-state index contributed by atoms with van der Waals surface area (Å²) < 4.78 is 0. The van der Waals surface area contributed by atoms with Crippen molar-refractivity contribution in [1.29, 1.82) is 0 Å².